The van der Waals surface area contributed by atoms with Gasteiger partial charge in [0.15, 0.2) is 17.5 Å². The van der Waals surface area contributed by atoms with Crippen LogP contribution in [0, 0.1) is 0 Å². The van der Waals surface area contributed by atoms with Gasteiger partial charge in [-0.1, -0.05) is 121 Å². The van der Waals surface area contributed by atoms with Crippen LogP contribution in [-0.2, 0) is 0 Å². The molecule has 0 amide bonds. The maximum Gasteiger partial charge on any atom is 0.164 e. The Morgan fingerprint density at radius 1 is 0.360 bits per heavy atom. The Morgan fingerprint density at radius 2 is 0.940 bits per heavy atom. The molecule has 0 bridgehead atoms. The number of nitrogens with zero attached hydrogens (tertiary/aromatic N) is 3. The Bertz CT molecular complexity index is 2860. The lowest BCUT2D eigenvalue weighted by Gasteiger charge is -2.10. The van der Waals surface area contributed by atoms with Gasteiger partial charge in [-0.25, -0.2) is 15.0 Å². The first kappa shape index (κ1) is 28.6. The van der Waals surface area contributed by atoms with E-state index in [0.29, 0.717) is 17.5 Å². The first-order chi connectivity index (χ1) is 24.7. The summed E-state index contributed by atoms with van der Waals surface area (Å²) in [6.45, 7) is 0. The van der Waals surface area contributed by atoms with E-state index in [1.807, 2.05) is 41.7 Å². The molecule has 0 spiro atoms. The molecule has 50 heavy (non-hydrogen) atoms. The third-order valence-electron chi connectivity index (χ3n) is 9.36. The summed E-state index contributed by atoms with van der Waals surface area (Å²) in [5.74, 6) is 1.84. The lowest BCUT2D eigenvalue weighted by Crippen LogP contribution is -2.00. The van der Waals surface area contributed by atoms with Gasteiger partial charge < -0.3 is 4.42 Å². The first-order valence-electron chi connectivity index (χ1n) is 16.6. The number of para-hydroxylation sites is 1. The lowest BCUT2D eigenvalue weighted by molar-refractivity contribution is 0.669. The van der Waals surface area contributed by atoms with E-state index in [2.05, 4.69) is 133 Å². The second-order valence-electron chi connectivity index (χ2n) is 12.4. The van der Waals surface area contributed by atoms with Crippen molar-refractivity contribution in [2.45, 2.75) is 0 Å². The van der Waals surface area contributed by atoms with E-state index in [1.165, 1.54) is 36.9 Å². The molecule has 0 saturated heterocycles. The van der Waals surface area contributed by atoms with E-state index in [4.69, 9.17) is 19.4 Å². The highest BCUT2D eigenvalue weighted by atomic mass is 32.1. The average molecular weight is 658 g/mol. The molecular weight excluding hydrogens is 631 g/mol. The third kappa shape index (κ3) is 4.87. The summed E-state index contributed by atoms with van der Waals surface area (Å²) in [6.07, 6.45) is 0. The third-order valence-corrected chi connectivity index (χ3v) is 10.5. The first-order valence-corrected chi connectivity index (χ1v) is 17.4. The number of aromatic nitrogens is 3. The quantitative estimate of drug-likeness (QED) is 0.185. The molecule has 0 aliphatic carbocycles. The van der Waals surface area contributed by atoms with Crippen LogP contribution in [0.2, 0.25) is 0 Å². The number of thiophene rings is 1. The molecule has 0 radical (unpaired) electrons. The molecule has 0 N–H and O–H groups in total. The van der Waals surface area contributed by atoms with Gasteiger partial charge in [-0.05, 0) is 64.7 Å². The van der Waals surface area contributed by atoms with Crippen molar-refractivity contribution >= 4 is 53.4 Å². The molecule has 0 saturated carbocycles. The predicted octanol–water partition coefficient (Wildman–Crippen LogP) is 12.5. The fourth-order valence-corrected chi connectivity index (χ4v) is 8.01. The van der Waals surface area contributed by atoms with Crippen LogP contribution in [0.4, 0.5) is 0 Å². The van der Waals surface area contributed by atoms with Crippen LogP contribution in [0.5, 0.6) is 0 Å². The smallest absolute Gasteiger partial charge is 0.164 e. The molecular formula is C45H27N3OS. The molecule has 10 rings (SSSR count). The van der Waals surface area contributed by atoms with E-state index in [-0.39, 0.29) is 0 Å². The summed E-state index contributed by atoms with van der Waals surface area (Å²) in [6, 6.07) is 56.9. The van der Waals surface area contributed by atoms with Gasteiger partial charge in [0.2, 0.25) is 0 Å². The average Bonchev–Trinajstić information content (AvgIpc) is 3.76. The highest BCUT2D eigenvalue weighted by Gasteiger charge is 2.17. The standard InChI is InChI=1S/C45H27N3OS/c1-3-10-28(11-4-1)29-18-20-31(21-19-29)43-46-44(48-45(47-43)33-22-24-36-35-14-7-8-16-38(35)49-39(36)27-33)32-23-25-40-37(26-32)42-34(15-9-17-41(42)50-40)30-12-5-2-6-13-30/h1-27H. The van der Waals surface area contributed by atoms with E-state index in [1.54, 1.807) is 0 Å². The largest absolute Gasteiger partial charge is 0.456 e. The zero-order valence-electron chi connectivity index (χ0n) is 26.7. The van der Waals surface area contributed by atoms with Gasteiger partial charge in [-0.2, -0.15) is 0 Å². The van der Waals surface area contributed by atoms with E-state index >= 15 is 0 Å². The fraction of sp³-hybridized carbons (Fsp3) is 0. The van der Waals surface area contributed by atoms with Crippen molar-refractivity contribution < 1.29 is 4.42 Å². The number of hydrogen-bond acceptors (Lipinski definition) is 5. The number of furan rings is 1. The van der Waals surface area contributed by atoms with Crippen LogP contribution in [0.3, 0.4) is 0 Å². The van der Waals surface area contributed by atoms with Gasteiger partial charge in [0, 0.05) is 47.6 Å². The minimum absolute atomic E-state index is 0.597. The maximum atomic E-state index is 6.26. The zero-order chi connectivity index (χ0) is 33.0. The van der Waals surface area contributed by atoms with Crippen LogP contribution in [0.15, 0.2) is 168 Å². The minimum atomic E-state index is 0.597. The second-order valence-corrected chi connectivity index (χ2v) is 13.5. The lowest BCUT2D eigenvalue weighted by atomic mass is 9.99. The van der Waals surface area contributed by atoms with Crippen molar-refractivity contribution in [3.8, 4) is 56.4 Å². The molecule has 0 atom stereocenters. The van der Waals surface area contributed by atoms with Crippen LogP contribution in [0.25, 0.3) is 98.5 Å². The number of benzene rings is 7. The summed E-state index contributed by atoms with van der Waals surface area (Å²) < 4.78 is 8.75. The van der Waals surface area contributed by atoms with Crippen molar-refractivity contribution in [2.75, 3.05) is 0 Å². The van der Waals surface area contributed by atoms with Crippen LogP contribution in [-0.4, -0.2) is 15.0 Å². The van der Waals surface area contributed by atoms with Gasteiger partial charge in [-0.3, -0.25) is 0 Å². The summed E-state index contributed by atoms with van der Waals surface area (Å²) >= 11 is 1.81. The summed E-state index contributed by atoms with van der Waals surface area (Å²) in [4.78, 5) is 15.3. The summed E-state index contributed by atoms with van der Waals surface area (Å²) in [5, 5.41) is 4.61. The molecule has 0 aliphatic rings. The molecule has 0 aliphatic heterocycles. The van der Waals surface area contributed by atoms with Crippen molar-refractivity contribution in [3.05, 3.63) is 164 Å². The molecule has 3 heterocycles. The Hall–Kier alpha value is -6.43. The van der Waals surface area contributed by atoms with Gasteiger partial charge in [0.1, 0.15) is 11.2 Å². The van der Waals surface area contributed by atoms with Gasteiger partial charge >= 0.3 is 0 Å². The topological polar surface area (TPSA) is 51.8 Å². The fourth-order valence-electron chi connectivity index (χ4n) is 6.89. The highest BCUT2D eigenvalue weighted by molar-refractivity contribution is 7.26. The van der Waals surface area contributed by atoms with Crippen LogP contribution >= 0.6 is 11.3 Å². The van der Waals surface area contributed by atoms with Crippen LogP contribution < -0.4 is 0 Å². The van der Waals surface area contributed by atoms with E-state index in [0.717, 1.165) is 44.2 Å². The van der Waals surface area contributed by atoms with Gasteiger partial charge in [0.25, 0.3) is 0 Å². The maximum absolute atomic E-state index is 6.26. The monoisotopic (exact) mass is 657 g/mol. The SMILES string of the molecule is c1ccc(-c2ccc(-c3nc(-c4ccc5c(c4)oc4ccccc45)nc(-c4ccc5sc6cccc(-c7ccccc7)c6c5c4)n3)cc2)cc1. The van der Waals surface area contributed by atoms with E-state index < -0.39 is 0 Å². The predicted molar refractivity (Wildman–Crippen MR) is 207 cm³/mol. The molecule has 0 unspecified atom stereocenters. The van der Waals surface area contributed by atoms with Crippen molar-refractivity contribution in [2.24, 2.45) is 0 Å². The summed E-state index contributed by atoms with van der Waals surface area (Å²) in [5.41, 5.74) is 9.14. The molecule has 234 valence electrons. The molecule has 7 aromatic carbocycles. The molecule has 10 aromatic rings. The number of hydrogen-bond donors (Lipinski definition) is 0. The second kappa shape index (κ2) is 11.6. The van der Waals surface area contributed by atoms with Gasteiger partial charge in [0.05, 0.1) is 0 Å². The van der Waals surface area contributed by atoms with Crippen molar-refractivity contribution in [1.82, 2.24) is 15.0 Å². The highest BCUT2D eigenvalue weighted by Crippen LogP contribution is 2.41. The normalized spacial score (nSPS) is 11.6. The zero-order valence-corrected chi connectivity index (χ0v) is 27.6. The van der Waals surface area contributed by atoms with Crippen LogP contribution in [0.1, 0.15) is 0 Å². The summed E-state index contributed by atoms with van der Waals surface area (Å²) in [7, 11) is 0. The minimum Gasteiger partial charge on any atom is -0.456 e. The molecule has 0 fully saturated rings. The Labute approximate surface area is 292 Å². The molecule has 3 aromatic heterocycles. The Balaban J connectivity index is 1.15. The number of rotatable bonds is 5. The molecule has 5 heteroatoms. The Kier molecular flexibility index (Phi) is 6.64. The van der Waals surface area contributed by atoms with Gasteiger partial charge in [-0.15, -0.1) is 11.3 Å². The number of fused-ring (bicyclic) bond motifs is 6. The Morgan fingerprint density at radius 3 is 1.72 bits per heavy atom. The van der Waals surface area contributed by atoms with E-state index in [9.17, 15) is 0 Å². The molecule has 4 nitrogen and oxygen atoms in total. The van der Waals surface area contributed by atoms with Crippen molar-refractivity contribution in [1.29, 1.82) is 0 Å². The van der Waals surface area contributed by atoms with Crippen molar-refractivity contribution in [3.63, 3.8) is 0 Å².